The molecule has 1 saturated heterocycles. The minimum atomic E-state index is -0.494. The number of aromatic nitrogens is 5. The number of amides is 1. The van der Waals surface area contributed by atoms with Gasteiger partial charge >= 0.3 is 6.09 Å². The second kappa shape index (κ2) is 12.8. The second-order valence-electron chi connectivity index (χ2n) is 12.9. The molecule has 0 atom stereocenters. The summed E-state index contributed by atoms with van der Waals surface area (Å²) >= 11 is 6.89. The molecule has 1 aromatic carbocycles. The molecule has 0 spiro atoms. The van der Waals surface area contributed by atoms with E-state index in [1.165, 1.54) is 6.33 Å². The number of halogens is 1. The average Bonchev–Trinajstić information content (AvgIpc) is 3.61. The summed E-state index contributed by atoms with van der Waals surface area (Å²) in [6.45, 7) is 12.4. The van der Waals surface area contributed by atoms with E-state index in [0.29, 0.717) is 59.9 Å². The quantitative estimate of drug-likeness (QED) is 0.219. The first-order valence-corrected chi connectivity index (χ1v) is 15.9. The van der Waals surface area contributed by atoms with Crippen LogP contribution >= 0.6 is 11.6 Å². The Labute approximate surface area is 268 Å². The molecule has 11 nitrogen and oxygen atoms in total. The van der Waals surface area contributed by atoms with Crippen molar-refractivity contribution in [2.24, 2.45) is 0 Å². The Bertz CT molecular complexity index is 1640. The maximum absolute atomic E-state index is 12.4. The van der Waals surface area contributed by atoms with E-state index in [1.807, 2.05) is 51.1 Å². The van der Waals surface area contributed by atoms with Crippen molar-refractivity contribution in [2.75, 3.05) is 39.3 Å². The fraction of sp³-hybridized carbons (Fsp3) is 0.485. The van der Waals surface area contributed by atoms with E-state index >= 15 is 0 Å². The van der Waals surface area contributed by atoms with Crippen molar-refractivity contribution in [1.29, 1.82) is 0 Å². The summed E-state index contributed by atoms with van der Waals surface area (Å²) in [4.78, 5) is 34.6. The number of carbonyl (C=O) groups is 1. The molecule has 1 amide bonds. The summed E-state index contributed by atoms with van der Waals surface area (Å²) in [5.74, 6) is 1.87. The summed E-state index contributed by atoms with van der Waals surface area (Å²) in [5.41, 5.74) is 2.57. The number of imidazole rings is 1. The monoisotopic (exact) mass is 633 g/mol. The van der Waals surface area contributed by atoms with Gasteiger partial charge in [-0.2, -0.15) is 4.98 Å². The molecule has 0 bridgehead atoms. The molecule has 4 aromatic rings. The predicted octanol–water partition coefficient (Wildman–Crippen LogP) is 5.65. The van der Waals surface area contributed by atoms with Gasteiger partial charge in [0, 0.05) is 57.2 Å². The molecule has 0 N–H and O–H groups in total. The fourth-order valence-corrected chi connectivity index (χ4v) is 5.50. The maximum atomic E-state index is 12.4. The number of ether oxygens (including phenoxy) is 3. The van der Waals surface area contributed by atoms with Gasteiger partial charge in [0.15, 0.2) is 11.2 Å². The lowest BCUT2D eigenvalue weighted by atomic mass is 10.1. The second-order valence-corrected chi connectivity index (χ2v) is 13.3. The van der Waals surface area contributed by atoms with Crippen LogP contribution in [0.3, 0.4) is 0 Å². The molecular formula is C33H40ClN7O4. The van der Waals surface area contributed by atoms with Crippen molar-refractivity contribution in [3.05, 3.63) is 59.6 Å². The number of carbonyl (C=O) groups excluding carboxylic acids is 1. The normalized spacial score (nSPS) is 16.5. The van der Waals surface area contributed by atoms with E-state index in [4.69, 9.17) is 30.8 Å². The third kappa shape index (κ3) is 7.65. The summed E-state index contributed by atoms with van der Waals surface area (Å²) in [7, 11) is 0. The predicted molar refractivity (Wildman–Crippen MR) is 172 cm³/mol. The van der Waals surface area contributed by atoms with Gasteiger partial charge in [0.25, 0.3) is 0 Å². The van der Waals surface area contributed by atoms with Gasteiger partial charge in [-0.15, -0.1) is 0 Å². The smallest absolute Gasteiger partial charge is 0.410 e. The zero-order valence-electron chi connectivity index (χ0n) is 26.3. The Hall–Kier alpha value is -3.96. The molecular weight excluding hydrogens is 594 g/mol. The first-order chi connectivity index (χ1) is 21.6. The van der Waals surface area contributed by atoms with Crippen LogP contribution in [-0.2, 0) is 17.7 Å². The summed E-state index contributed by atoms with van der Waals surface area (Å²) in [6, 6.07) is 9.71. The molecule has 12 heteroatoms. The first-order valence-electron chi connectivity index (χ1n) is 15.5. The molecule has 0 unspecified atom stereocenters. The minimum absolute atomic E-state index is 0.204. The van der Waals surface area contributed by atoms with Crippen LogP contribution in [0.4, 0.5) is 4.79 Å². The highest BCUT2D eigenvalue weighted by molar-refractivity contribution is 6.33. The number of pyridine rings is 1. The van der Waals surface area contributed by atoms with E-state index < -0.39 is 5.60 Å². The van der Waals surface area contributed by atoms with Crippen molar-refractivity contribution in [3.8, 4) is 23.0 Å². The SMILES string of the molecule is CC(C)(C)OC(=O)N1CCN(CCOc2ccc(-c3nc4c(OC5(C)CC5)ncnc4n3CCc3ccncc3)c(Cl)c2)CC1. The Kier molecular flexibility index (Phi) is 8.83. The number of nitrogens with zero attached hydrogens (tertiary/aromatic N) is 7. The summed E-state index contributed by atoms with van der Waals surface area (Å²) < 4.78 is 19.9. The van der Waals surface area contributed by atoms with Crippen molar-refractivity contribution in [2.45, 2.75) is 64.7 Å². The Balaban J connectivity index is 1.14. The summed E-state index contributed by atoms with van der Waals surface area (Å²) in [5, 5.41) is 0.531. The molecule has 1 saturated carbocycles. The van der Waals surface area contributed by atoms with E-state index in [2.05, 4.69) is 31.3 Å². The van der Waals surface area contributed by atoms with Crippen molar-refractivity contribution in [1.82, 2.24) is 34.3 Å². The number of benzene rings is 1. The van der Waals surface area contributed by atoms with E-state index in [1.54, 1.807) is 17.3 Å². The molecule has 2 fully saturated rings. The molecule has 1 aliphatic carbocycles. The lowest BCUT2D eigenvalue weighted by molar-refractivity contribution is 0.0137. The highest BCUT2D eigenvalue weighted by atomic mass is 35.5. The van der Waals surface area contributed by atoms with Crippen LogP contribution < -0.4 is 9.47 Å². The molecule has 0 radical (unpaired) electrons. The maximum Gasteiger partial charge on any atom is 0.410 e. The molecule has 3 aromatic heterocycles. The standard InChI is InChI=1S/C33H40ClN7O4/c1-32(2,3)45-31(42)40-17-15-39(16-18-40)19-20-43-24-5-6-25(26(34)21-24)28-38-27-29(36-22-37-30(27)44-33(4)10-11-33)41(28)14-9-23-7-12-35-13-8-23/h5-8,12-13,21-22H,9-11,14-20H2,1-4H3. The van der Waals surface area contributed by atoms with Crippen molar-refractivity contribution in [3.63, 3.8) is 0 Å². The number of hydrogen-bond acceptors (Lipinski definition) is 9. The fourth-order valence-electron chi connectivity index (χ4n) is 5.25. The van der Waals surface area contributed by atoms with Crippen molar-refractivity contribution >= 4 is 28.9 Å². The molecule has 1 aliphatic heterocycles. The summed E-state index contributed by atoms with van der Waals surface area (Å²) in [6.07, 6.45) is 7.62. The van der Waals surface area contributed by atoms with E-state index in [-0.39, 0.29) is 11.7 Å². The zero-order valence-corrected chi connectivity index (χ0v) is 27.1. The van der Waals surface area contributed by atoms with Gasteiger partial charge in [-0.25, -0.2) is 14.8 Å². The molecule has 4 heterocycles. The molecule has 2 aliphatic rings. The van der Waals surface area contributed by atoms with Crippen LogP contribution in [-0.4, -0.2) is 90.9 Å². The van der Waals surface area contributed by atoms with Gasteiger partial charge < -0.3 is 23.7 Å². The minimum Gasteiger partial charge on any atom is -0.492 e. The number of hydrogen-bond donors (Lipinski definition) is 0. The van der Waals surface area contributed by atoms with E-state index in [0.717, 1.165) is 50.0 Å². The molecule has 6 rings (SSSR count). The van der Waals surface area contributed by atoms with Crippen LogP contribution in [0, 0.1) is 0 Å². The average molecular weight is 634 g/mol. The lowest BCUT2D eigenvalue weighted by Crippen LogP contribution is -2.50. The lowest BCUT2D eigenvalue weighted by Gasteiger charge is -2.35. The number of rotatable bonds is 10. The van der Waals surface area contributed by atoms with Crippen LogP contribution in [0.2, 0.25) is 5.02 Å². The zero-order chi connectivity index (χ0) is 31.6. The number of aryl methyl sites for hydroxylation is 2. The third-order valence-electron chi connectivity index (χ3n) is 8.05. The first kappa shape index (κ1) is 31.0. The molecule has 238 valence electrons. The Morgan fingerprint density at radius 1 is 1.02 bits per heavy atom. The van der Waals surface area contributed by atoms with Crippen LogP contribution in [0.25, 0.3) is 22.6 Å². The highest BCUT2D eigenvalue weighted by Crippen LogP contribution is 2.41. The molecule has 45 heavy (non-hydrogen) atoms. The van der Waals surface area contributed by atoms with Gasteiger partial charge in [0.05, 0.1) is 5.02 Å². The topological polar surface area (TPSA) is 108 Å². The third-order valence-corrected chi connectivity index (χ3v) is 8.36. The van der Waals surface area contributed by atoms with Crippen molar-refractivity contribution < 1.29 is 19.0 Å². The Morgan fingerprint density at radius 3 is 2.47 bits per heavy atom. The van der Waals surface area contributed by atoms with Crippen LogP contribution in [0.5, 0.6) is 11.6 Å². The largest absolute Gasteiger partial charge is 0.492 e. The van der Waals surface area contributed by atoms with Gasteiger partial charge in [-0.1, -0.05) is 11.6 Å². The highest BCUT2D eigenvalue weighted by Gasteiger charge is 2.41. The van der Waals surface area contributed by atoms with E-state index in [9.17, 15) is 4.79 Å². The van der Waals surface area contributed by atoms with Crippen LogP contribution in [0.15, 0.2) is 49.1 Å². The van der Waals surface area contributed by atoms with Crippen LogP contribution in [0.1, 0.15) is 46.1 Å². The van der Waals surface area contributed by atoms with Gasteiger partial charge in [0.1, 0.15) is 35.7 Å². The number of fused-ring (bicyclic) bond motifs is 1. The van der Waals surface area contributed by atoms with Gasteiger partial charge in [-0.05, 0) is 82.9 Å². The number of piperazine rings is 1. The van der Waals surface area contributed by atoms with Gasteiger partial charge in [0.2, 0.25) is 5.88 Å². The van der Waals surface area contributed by atoms with Gasteiger partial charge in [-0.3, -0.25) is 9.88 Å². The Morgan fingerprint density at radius 2 is 1.78 bits per heavy atom.